The number of ketones is 1. The maximum absolute atomic E-state index is 12.9. The van der Waals surface area contributed by atoms with Gasteiger partial charge in [0.05, 0.1) is 12.0 Å². The molecule has 120 valence electrons. The second-order valence-electron chi connectivity index (χ2n) is 6.27. The number of carbonyl (C=O) groups is 2. The highest BCUT2D eigenvalue weighted by molar-refractivity contribution is 5.91. The Morgan fingerprint density at radius 1 is 0.833 bits per heavy atom. The van der Waals surface area contributed by atoms with Gasteiger partial charge in [-0.25, -0.2) is 4.79 Å². The van der Waals surface area contributed by atoms with Crippen LogP contribution in [0.1, 0.15) is 29.5 Å². The number of Topliss-reactive ketones (excluding diaryl/α,β-unsaturated/α-hetero) is 1. The molecular formula is C20H18N2O2. The van der Waals surface area contributed by atoms with E-state index in [0.717, 1.165) is 16.8 Å². The van der Waals surface area contributed by atoms with Crippen molar-refractivity contribution in [2.24, 2.45) is 5.92 Å². The SMILES string of the molecule is O=C1NC2=C[C@H](c3ccccc3)CC(=O)[C@H]2[C@H](c2ccccc2)N1. The fraction of sp³-hybridized carbons (Fsp3) is 0.200. The average Bonchev–Trinajstić information content (AvgIpc) is 2.62. The molecule has 2 aliphatic rings. The normalized spacial score (nSPS) is 26.0. The molecule has 2 aromatic rings. The van der Waals surface area contributed by atoms with Gasteiger partial charge in [0.2, 0.25) is 0 Å². The molecule has 0 unspecified atom stereocenters. The summed E-state index contributed by atoms with van der Waals surface area (Å²) in [4.78, 5) is 24.9. The summed E-state index contributed by atoms with van der Waals surface area (Å²) in [6.07, 6.45) is 2.50. The zero-order valence-electron chi connectivity index (χ0n) is 13.1. The van der Waals surface area contributed by atoms with Crippen molar-refractivity contribution in [3.63, 3.8) is 0 Å². The summed E-state index contributed by atoms with van der Waals surface area (Å²) >= 11 is 0. The van der Waals surface area contributed by atoms with Crippen LogP contribution in [0.5, 0.6) is 0 Å². The van der Waals surface area contributed by atoms with Crippen molar-refractivity contribution in [2.45, 2.75) is 18.4 Å². The van der Waals surface area contributed by atoms with Gasteiger partial charge in [-0.1, -0.05) is 66.7 Å². The van der Waals surface area contributed by atoms with Gasteiger partial charge in [-0.15, -0.1) is 0 Å². The number of allylic oxidation sites excluding steroid dienone is 1. The molecular weight excluding hydrogens is 300 g/mol. The summed E-state index contributed by atoms with van der Waals surface area (Å²) in [5, 5.41) is 5.74. The molecule has 0 radical (unpaired) electrons. The van der Waals surface area contributed by atoms with Crippen molar-refractivity contribution >= 4 is 11.8 Å². The number of rotatable bonds is 2. The van der Waals surface area contributed by atoms with Crippen molar-refractivity contribution in [1.82, 2.24) is 10.6 Å². The smallest absolute Gasteiger partial charge is 0.319 e. The predicted molar refractivity (Wildman–Crippen MR) is 91.2 cm³/mol. The fourth-order valence-electron chi connectivity index (χ4n) is 3.62. The van der Waals surface area contributed by atoms with Gasteiger partial charge < -0.3 is 10.6 Å². The number of hydrogen-bond acceptors (Lipinski definition) is 2. The molecule has 0 aromatic heterocycles. The van der Waals surface area contributed by atoms with Crippen LogP contribution < -0.4 is 10.6 Å². The first-order chi connectivity index (χ1) is 11.7. The van der Waals surface area contributed by atoms with Crippen LogP contribution >= 0.6 is 0 Å². The third kappa shape index (κ3) is 2.60. The van der Waals surface area contributed by atoms with E-state index in [9.17, 15) is 9.59 Å². The highest BCUT2D eigenvalue weighted by atomic mass is 16.2. The van der Waals surface area contributed by atoms with Crippen LogP contribution in [-0.4, -0.2) is 11.8 Å². The number of urea groups is 1. The largest absolute Gasteiger partial charge is 0.330 e. The van der Waals surface area contributed by atoms with Crippen molar-refractivity contribution in [2.75, 3.05) is 0 Å². The molecule has 0 saturated carbocycles. The standard InChI is InChI=1S/C20H18N2O2/c23-17-12-15(13-7-3-1-4-8-13)11-16-18(17)19(22-20(24)21-16)14-9-5-2-6-10-14/h1-11,15,18-19H,12H2,(H2,21,22,24)/t15-,18-,19-/m0/s1. The average molecular weight is 318 g/mol. The van der Waals surface area contributed by atoms with Gasteiger partial charge in [-0.2, -0.15) is 0 Å². The Balaban J connectivity index is 1.72. The molecule has 2 N–H and O–H groups in total. The minimum absolute atomic E-state index is 0.0137. The topological polar surface area (TPSA) is 58.2 Å². The molecule has 24 heavy (non-hydrogen) atoms. The van der Waals surface area contributed by atoms with Crippen LogP contribution in [0.3, 0.4) is 0 Å². The third-order valence-electron chi connectivity index (χ3n) is 4.75. The molecule has 2 amide bonds. The zero-order chi connectivity index (χ0) is 16.5. The molecule has 4 heteroatoms. The van der Waals surface area contributed by atoms with E-state index in [0.29, 0.717) is 6.42 Å². The van der Waals surface area contributed by atoms with Gasteiger partial charge >= 0.3 is 6.03 Å². The van der Waals surface area contributed by atoms with Gasteiger partial charge in [0.15, 0.2) is 0 Å². The summed E-state index contributed by atoms with van der Waals surface area (Å²) in [5.41, 5.74) is 2.77. The molecule has 1 heterocycles. The summed E-state index contributed by atoms with van der Waals surface area (Å²) < 4.78 is 0. The maximum Gasteiger partial charge on any atom is 0.319 e. The lowest BCUT2D eigenvalue weighted by atomic mass is 9.75. The van der Waals surface area contributed by atoms with Gasteiger partial charge in [0.1, 0.15) is 5.78 Å². The van der Waals surface area contributed by atoms with Crippen molar-refractivity contribution in [3.8, 4) is 0 Å². The van der Waals surface area contributed by atoms with Crippen LogP contribution in [-0.2, 0) is 4.79 Å². The highest BCUT2D eigenvalue weighted by Gasteiger charge is 2.41. The van der Waals surface area contributed by atoms with E-state index in [1.54, 1.807) is 0 Å². The molecule has 3 atom stereocenters. The quantitative estimate of drug-likeness (QED) is 0.892. The minimum Gasteiger partial charge on any atom is -0.330 e. The van der Waals surface area contributed by atoms with Gasteiger partial charge in [-0.05, 0) is 11.1 Å². The number of nitrogens with one attached hydrogen (secondary N) is 2. The van der Waals surface area contributed by atoms with Crippen LogP contribution in [0.2, 0.25) is 0 Å². The predicted octanol–water partition coefficient (Wildman–Crippen LogP) is 3.30. The second-order valence-corrected chi connectivity index (χ2v) is 6.27. The van der Waals surface area contributed by atoms with Crippen molar-refractivity contribution in [1.29, 1.82) is 0 Å². The molecule has 1 saturated heterocycles. The Hall–Kier alpha value is -2.88. The first-order valence-corrected chi connectivity index (χ1v) is 8.14. The fourth-order valence-corrected chi connectivity index (χ4v) is 3.62. The van der Waals surface area contributed by atoms with E-state index in [-0.39, 0.29) is 29.7 Å². The molecule has 1 aliphatic heterocycles. The molecule has 1 aliphatic carbocycles. The molecule has 0 spiro atoms. The first-order valence-electron chi connectivity index (χ1n) is 8.14. The Labute approximate surface area is 140 Å². The van der Waals surface area contributed by atoms with Crippen LogP contribution in [0.15, 0.2) is 72.4 Å². The summed E-state index contributed by atoms with van der Waals surface area (Å²) in [5.74, 6) is -0.174. The van der Waals surface area contributed by atoms with Gasteiger partial charge in [0.25, 0.3) is 0 Å². The number of benzene rings is 2. The van der Waals surface area contributed by atoms with E-state index in [2.05, 4.69) is 10.6 Å². The Morgan fingerprint density at radius 2 is 1.46 bits per heavy atom. The molecule has 4 nitrogen and oxygen atoms in total. The third-order valence-corrected chi connectivity index (χ3v) is 4.75. The maximum atomic E-state index is 12.9. The van der Waals surface area contributed by atoms with Crippen LogP contribution in [0.25, 0.3) is 0 Å². The number of carbonyl (C=O) groups excluding carboxylic acids is 2. The van der Waals surface area contributed by atoms with Crippen LogP contribution in [0.4, 0.5) is 4.79 Å². The Bertz CT molecular complexity index is 799. The van der Waals surface area contributed by atoms with E-state index in [4.69, 9.17) is 0 Å². The van der Waals surface area contributed by atoms with E-state index < -0.39 is 0 Å². The number of hydrogen-bond donors (Lipinski definition) is 2. The van der Waals surface area contributed by atoms with E-state index >= 15 is 0 Å². The molecule has 2 aromatic carbocycles. The Morgan fingerprint density at radius 3 is 2.12 bits per heavy atom. The lowest BCUT2D eigenvalue weighted by Gasteiger charge is -2.38. The first kappa shape index (κ1) is 14.7. The van der Waals surface area contributed by atoms with Crippen molar-refractivity contribution < 1.29 is 9.59 Å². The number of amides is 2. The summed E-state index contributed by atoms with van der Waals surface area (Å²) in [6.45, 7) is 0. The van der Waals surface area contributed by atoms with Crippen LogP contribution in [0, 0.1) is 5.92 Å². The minimum atomic E-state index is -0.343. The summed E-state index contributed by atoms with van der Waals surface area (Å²) in [7, 11) is 0. The number of fused-ring (bicyclic) bond motifs is 1. The highest BCUT2D eigenvalue weighted by Crippen LogP contribution is 2.39. The van der Waals surface area contributed by atoms with Crippen molar-refractivity contribution in [3.05, 3.63) is 83.6 Å². The lowest BCUT2D eigenvalue weighted by Crippen LogP contribution is -2.52. The zero-order valence-corrected chi connectivity index (χ0v) is 13.1. The van der Waals surface area contributed by atoms with Gasteiger partial charge in [-0.3, -0.25) is 4.79 Å². The molecule has 1 fully saturated rings. The van der Waals surface area contributed by atoms with E-state index in [1.807, 2.05) is 66.7 Å². The lowest BCUT2D eigenvalue weighted by molar-refractivity contribution is -0.123. The molecule has 0 bridgehead atoms. The van der Waals surface area contributed by atoms with E-state index in [1.165, 1.54) is 0 Å². The summed E-state index contributed by atoms with van der Waals surface area (Å²) in [6, 6.07) is 19.0. The Kier molecular flexibility index (Phi) is 3.65. The second kappa shape index (κ2) is 5.96. The van der Waals surface area contributed by atoms with Gasteiger partial charge in [0, 0.05) is 18.0 Å². The monoisotopic (exact) mass is 318 g/mol. The molecule has 4 rings (SSSR count).